The smallest absolute Gasteiger partial charge is 0.332 e. The molecular weight excluding hydrogens is 374 g/mol. The number of unbranched alkanes of at least 4 members (excludes halogenated alkanes) is 4. The molecule has 0 fully saturated rings. The number of ether oxygens (including phenoxy) is 1. The van der Waals surface area contributed by atoms with Crippen LogP contribution in [0, 0.1) is 0 Å². The van der Waals surface area contributed by atoms with Gasteiger partial charge in [-0.15, -0.1) is 0 Å². The number of esters is 1. The normalized spacial score (nSPS) is 12.4. The number of carbonyl (C=O) groups excluding carboxylic acids is 1. The number of nitrogens with zero attached hydrogens (tertiary/aromatic N) is 4. The van der Waals surface area contributed by atoms with E-state index in [9.17, 15) is 14.4 Å². The van der Waals surface area contributed by atoms with Crippen molar-refractivity contribution in [2.75, 3.05) is 6.54 Å². The van der Waals surface area contributed by atoms with Crippen LogP contribution in [0.25, 0.3) is 11.2 Å². The lowest BCUT2D eigenvalue weighted by atomic mass is 10.1. The molecule has 2 N–H and O–H groups in total. The number of fused-ring (bicyclic) bond motifs is 1. The highest BCUT2D eigenvalue weighted by Crippen LogP contribution is 2.09. The monoisotopic (exact) mass is 407 g/mol. The van der Waals surface area contributed by atoms with Crippen molar-refractivity contribution in [1.29, 1.82) is 0 Å². The minimum absolute atomic E-state index is 0.172. The van der Waals surface area contributed by atoms with Gasteiger partial charge in [-0.25, -0.2) is 9.78 Å². The van der Waals surface area contributed by atoms with Gasteiger partial charge >= 0.3 is 11.7 Å². The van der Waals surface area contributed by atoms with E-state index in [0.29, 0.717) is 43.6 Å². The van der Waals surface area contributed by atoms with Gasteiger partial charge in [0.15, 0.2) is 11.2 Å². The molecule has 2 rings (SSSR count). The van der Waals surface area contributed by atoms with Gasteiger partial charge in [0.2, 0.25) is 0 Å². The topological polar surface area (TPSA) is 114 Å². The second-order valence-corrected chi connectivity index (χ2v) is 7.54. The molecule has 29 heavy (non-hydrogen) atoms. The molecular formula is C20H33N5O4. The van der Waals surface area contributed by atoms with Gasteiger partial charge in [0.05, 0.1) is 12.4 Å². The zero-order chi connectivity index (χ0) is 21.4. The van der Waals surface area contributed by atoms with Crippen molar-refractivity contribution in [3.8, 4) is 0 Å². The van der Waals surface area contributed by atoms with Crippen LogP contribution in [0.3, 0.4) is 0 Å². The number of aryl methyl sites for hydroxylation is 2. The van der Waals surface area contributed by atoms with Crippen molar-refractivity contribution in [2.24, 2.45) is 12.8 Å². The zero-order valence-corrected chi connectivity index (χ0v) is 17.7. The summed E-state index contributed by atoms with van der Waals surface area (Å²) in [7, 11) is 1.76. The summed E-state index contributed by atoms with van der Waals surface area (Å²) in [4.78, 5) is 41.1. The molecule has 0 aliphatic carbocycles. The van der Waals surface area contributed by atoms with Gasteiger partial charge in [-0.2, -0.15) is 0 Å². The summed E-state index contributed by atoms with van der Waals surface area (Å²) in [6.45, 7) is 4.76. The van der Waals surface area contributed by atoms with E-state index in [-0.39, 0.29) is 23.3 Å². The molecule has 2 heterocycles. The first kappa shape index (κ1) is 22.9. The summed E-state index contributed by atoms with van der Waals surface area (Å²) in [5.74, 6) is -0.301. The van der Waals surface area contributed by atoms with E-state index in [4.69, 9.17) is 10.5 Å². The first-order chi connectivity index (χ1) is 13.9. The average molecular weight is 408 g/mol. The Labute approximate surface area is 170 Å². The SMILES string of the molecule is CC(=O)O[C@H](C)CCCCn1c(=O)c2c(ncn2C)n(CCCCCCN)c1=O. The number of carbonyl (C=O) groups is 1. The third kappa shape index (κ3) is 6.03. The highest BCUT2D eigenvalue weighted by molar-refractivity contribution is 5.69. The fourth-order valence-electron chi connectivity index (χ4n) is 3.52. The summed E-state index contributed by atoms with van der Waals surface area (Å²) in [5, 5.41) is 0. The molecule has 0 aliphatic rings. The Hall–Kier alpha value is -2.42. The van der Waals surface area contributed by atoms with Crippen LogP contribution < -0.4 is 17.0 Å². The Kier molecular flexibility index (Phi) is 8.63. The Bertz CT molecular complexity index is 927. The van der Waals surface area contributed by atoms with Crippen molar-refractivity contribution in [1.82, 2.24) is 18.7 Å². The van der Waals surface area contributed by atoms with Gasteiger partial charge in [0.1, 0.15) is 0 Å². The molecule has 2 aromatic rings. The fraction of sp³-hybridized carbons (Fsp3) is 0.700. The van der Waals surface area contributed by atoms with Crippen molar-refractivity contribution in [3.63, 3.8) is 0 Å². The minimum atomic E-state index is -0.312. The molecule has 1 atom stereocenters. The molecule has 9 heteroatoms. The zero-order valence-electron chi connectivity index (χ0n) is 17.7. The van der Waals surface area contributed by atoms with Crippen molar-refractivity contribution in [2.45, 2.75) is 78.0 Å². The maximum absolute atomic E-state index is 13.0. The molecule has 0 aliphatic heterocycles. The van der Waals surface area contributed by atoms with Crippen molar-refractivity contribution < 1.29 is 9.53 Å². The Morgan fingerprint density at radius 3 is 2.45 bits per heavy atom. The quantitative estimate of drug-likeness (QED) is 0.422. The molecule has 0 saturated heterocycles. The van der Waals surface area contributed by atoms with Crippen molar-refractivity contribution in [3.05, 3.63) is 27.2 Å². The molecule has 0 amide bonds. The number of nitrogens with two attached hydrogens (primary N) is 1. The summed E-state index contributed by atoms with van der Waals surface area (Å²) < 4.78 is 9.70. The van der Waals surface area contributed by atoms with Gasteiger partial charge in [0, 0.05) is 27.1 Å². The highest BCUT2D eigenvalue weighted by atomic mass is 16.5. The van der Waals surface area contributed by atoms with Crippen LogP contribution in [0.15, 0.2) is 15.9 Å². The van der Waals surface area contributed by atoms with Gasteiger partial charge in [-0.1, -0.05) is 12.8 Å². The molecule has 0 unspecified atom stereocenters. The third-order valence-electron chi connectivity index (χ3n) is 5.03. The van der Waals surface area contributed by atoms with Crippen LogP contribution in [0.5, 0.6) is 0 Å². The van der Waals surface area contributed by atoms with E-state index < -0.39 is 0 Å². The van der Waals surface area contributed by atoms with Crippen LogP contribution >= 0.6 is 0 Å². The van der Waals surface area contributed by atoms with Crippen LogP contribution in [0.2, 0.25) is 0 Å². The van der Waals surface area contributed by atoms with Crippen LogP contribution in [-0.4, -0.2) is 37.3 Å². The third-order valence-corrected chi connectivity index (χ3v) is 5.03. The molecule has 0 saturated carbocycles. The molecule has 2 aromatic heterocycles. The number of imidazole rings is 1. The maximum atomic E-state index is 13.0. The predicted molar refractivity (Wildman–Crippen MR) is 112 cm³/mol. The van der Waals surface area contributed by atoms with E-state index in [2.05, 4.69) is 4.98 Å². The standard InChI is InChI=1S/C20H33N5O4/c1-15(29-16(2)26)10-6-9-13-25-19(27)17-18(22-14-23(17)3)24(20(25)28)12-8-5-4-7-11-21/h14-15H,4-13,21H2,1-3H3/t15-/m1/s1. The number of rotatable bonds is 12. The number of hydrogen-bond acceptors (Lipinski definition) is 6. The average Bonchev–Trinajstić information content (AvgIpc) is 3.04. The van der Waals surface area contributed by atoms with Gasteiger partial charge in [-0.05, 0) is 45.6 Å². The van der Waals surface area contributed by atoms with E-state index in [0.717, 1.165) is 32.1 Å². The highest BCUT2D eigenvalue weighted by Gasteiger charge is 2.16. The molecule has 9 nitrogen and oxygen atoms in total. The minimum Gasteiger partial charge on any atom is -0.463 e. The molecule has 0 spiro atoms. The molecule has 162 valence electrons. The van der Waals surface area contributed by atoms with Gasteiger partial charge < -0.3 is 15.0 Å². The maximum Gasteiger partial charge on any atom is 0.332 e. The van der Waals surface area contributed by atoms with E-state index >= 15 is 0 Å². The largest absolute Gasteiger partial charge is 0.463 e. The van der Waals surface area contributed by atoms with Crippen LogP contribution in [0.4, 0.5) is 0 Å². The second-order valence-electron chi connectivity index (χ2n) is 7.54. The van der Waals surface area contributed by atoms with Crippen LogP contribution in [-0.2, 0) is 29.7 Å². The predicted octanol–water partition coefficient (Wildman–Crippen LogP) is 1.54. The summed E-state index contributed by atoms with van der Waals surface area (Å²) in [5.41, 5.74) is 5.80. The van der Waals surface area contributed by atoms with E-state index in [1.54, 1.807) is 22.5 Å². The van der Waals surface area contributed by atoms with Gasteiger partial charge in [0.25, 0.3) is 5.56 Å². The first-order valence-electron chi connectivity index (χ1n) is 10.4. The number of aromatic nitrogens is 4. The lowest BCUT2D eigenvalue weighted by Gasteiger charge is -2.13. The first-order valence-corrected chi connectivity index (χ1v) is 10.4. The molecule has 0 radical (unpaired) electrons. The number of hydrogen-bond donors (Lipinski definition) is 1. The molecule has 0 aromatic carbocycles. The second kappa shape index (κ2) is 10.9. The fourth-order valence-corrected chi connectivity index (χ4v) is 3.52. The Morgan fingerprint density at radius 1 is 1.10 bits per heavy atom. The van der Waals surface area contributed by atoms with E-state index in [1.807, 2.05) is 6.92 Å². The van der Waals surface area contributed by atoms with Gasteiger partial charge in [-0.3, -0.25) is 18.7 Å². The lowest BCUT2D eigenvalue weighted by Crippen LogP contribution is -2.40. The summed E-state index contributed by atoms with van der Waals surface area (Å²) >= 11 is 0. The van der Waals surface area contributed by atoms with Crippen molar-refractivity contribution >= 4 is 17.1 Å². The Morgan fingerprint density at radius 2 is 1.76 bits per heavy atom. The Balaban J connectivity index is 2.15. The van der Waals surface area contributed by atoms with Crippen LogP contribution in [0.1, 0.15) is 58.8 Å². The lowest BCUT2D eigenvalue weighted by molar-refractivity contribution is -0.145. The van der Waals surface area contributed by atoms with E-state index in [1.165, 1.54) is 11.5 Å². The summed E-state index contributed by atoms with van der Waals surface area (Å²) in [6, 6.07) is 0. The molecule has 0 bridgehead atoms. The summed E-state index contributed by atoms with van der Waals surface area (Å²) in [6.07, 6.45) is 7.31.